The summed E-state index contributed by atoms with van der Waals surface area (Å²) in [5.74, 6) is -2.48. The first kappa shape index (κ1) is 19.5. The van der Waals surface area contributed by atoms with Gasteiger partial charge in [-0.1, -0.05) is 19.3 Å². The summed E-state index contributed by atoms with van der Waals surface area (Å²) >= 11 is 0. The summed E-state index contributed by atoms with van der Waals surface area (Å²) in [4.78, 5) is 61.3. The first-order valence-electron chi connectivity index (χ1n) is 9.13. The summed E-state index contributed by atoms with van der Waals surface area (Å²) < 4.78 is 5.00. The number of nitrogens with zero attached hydrogens (tertiary/aromatic N) is 1. The molecule has 3 N–H and O–H groups in total. The van der Waals surface area contributed by atoms with Crippen LogP contribution in [-0.2, 0) is 9.53 Å². The van der Waals surface area contributed by atoms with Crippen LogP contribution in [-0.4, -0.2) is 46.8 Å². The summed E-state index contributed by atoms with van der Waals surface area (Å²) in [6.45, 7) is 1.28. The predicted octanol–water partition coefficient (Wildman–Crippen LogP) is 1.36. The number of carbonyl (C=O) groups excluding carboxylic acids is 5. The van der Waals surface area contributed by atoms with E-state index in [1.807, 2.05) is 5.32 Å². The highest BCUT2D eigenvalue weighted by Gasteiger charge is 2.40. The maximum Gasteiger partial charge on any atom is 0.338 e. The molecule has 9 nitrogen and oxygen atoms in total. The van der Waals surface area contributed by atoms with E-state index in [0.717, 1.165) is 32.1 Å². The van der Waals surface area contributed by atoms with Gasteiger partial charge in [0.05, 0.1) is 16.7 Å². The second-order valence-corrected chi connectivity index (χ2v) is 6.93. The summed E-state index contributed by atoms with van der Waals surface area (Å²) in [6.07, 6.45) is 3.35. The van der Waals surface area contributed by atoms with E-state index in [1.54, 1.807) is 0 Å². The number of ether oxygens (including phenoxy) is 1. The minimum absolute atomic E-state index is 0.0316. The average Bonchev–Trinajstić information content (AvgIpc) is 2.92. The molecule has 0 bridgehead atoms. The maximum atomic E-state index is 12.8. The fourth-order valence-corrected chi connectivity index (χ4v) is 3.56. The third-order valence-electron chi connectivity index (χ3n) is 4.99. The van der Waals surface area contributed by atoms with Crippen molar-refractivity contribution in [3.63, 3.8) is 0 Å². The van der Waals surface area contributed by atoms with E-state index in [9.17, 15) is 24.0 Å². The minimum Gasteiger partial charge on any atom is -0.449 e. The molecule has 3 rings (SSSR count). The van der Waals surface area contributed by atoms with E-state index in [1.165, 1.54) is 30.0 Å². The second kappa shape index (κ2) is 7.79. The Morgan fingerprint density at radius 3 is 2.39 bits per heavy atom. The van der Waals surface area contributed by atoms with Crippen LogP contribution < -0.4 is 11.1 Å². The molecule has 148 valence electrons. The number of nitrogens with one attached hydrogen (secondary N) is 1. The van der Waals surface area contributed by atoms with Crippen molar-refractivity contribution in [1.29, 1.82) is 0 Å². The van der Waals surface area contributed by atoms with Crippen molar-refractivity contribution in [3.05, 3.63) is 34.9 Å². The average molecular weight is 387 g/mol. The Balaban J connectivity index is 1.76. The maximum absolute atomic E-state index is 12.8. The topological polar surface area (TPSA) is 136 Å². The highest BCUT2D eigenvalue weighted by Crippen LogP contribution is 2.31. The third kappa shape index (κ3) is 3.73. The molecule has 9 heteroatoms. The zero-order chi connectivity index (χ0) is 20.4. The lowest BCUT2D eigenvalue weighted by atomic mass is 9.94. The van der Waals surface area contributed by atoms with E-state index < -0.39 is 29.9 Å². The zero-order valence-corrected chi connectivity index (χ0v) is 15.4. The Bertz CT molecular complexity index is 859. The van der Waals surface area contributed by atoms with Crippen LogP contribution in [0.5, 0.6) is 0 Å². The second-order valence-electron chi connectivity index (χ2n) is 6.93. The molecule has 1 atom stereocenters. The van der Waals surface area contributed by atoms with Gasteiger partial charge in [-0.05, 0) is 38.0 Å². The van der Waals surface area contributed by atoms with Crippen molar-refractivity contribution >= 4 is 29.7 Å². The van der Waals surface area contributed by atoms with Crippen LogP contribution in [0.1, 0.15) is 70.1 Å². The number of fused-ring (bicyclic) bond motifs is 1. The number of carbonyl (C=O) groups is 5. The van der Waals surface area contributed by atoms with Crippen molar-refractivity contribution in [2.45, 2.75) is 51.2 Å². The number of esters is 1. The zero-order valence-electron chi connectivity index (χ0n) is 15.4. The number of amides is 5. The van der Waals surface area contributed by atoms with Crippen LogP contribution >= 0.6 is 0 Å². The molecule has 0 radical (unpaired) electrons. The molecule has 1 aliphatic heterocycles. The molecule has 1 aliphatic carbocycles. The molecule has 28 heavy (non-hydrogen) atoms. The number of primary amides is 1. The van der Waals surface area contributed by atoms with E-state index in [0.29, 0.717) is 0 Å². The van der Waals surface area contributed by atoms with Gasteiger partial charge in [0, 0.05) is 6.04 Å². The molecule has 5 amide bonds. The molecule has 1 fully saturated rings. The lowest BCUT2D eigenvalue weighted by molar-refractivity contribution is -0.127. The van der Waals surface area contributed by atoms with Crippen molar-refractivity contribution in [1.82, 2.24) is 10.2 Å². The molecule has 0 spiro atoms. The van der Waals surface area contributed by atoms with Crippen LogP contribution in [0.25, 0.3) is 0 Å². The summed E-state index contributed by atoms with van der Waals surface area (Å²) in [6, 6.07) is 2.92. The molecular formula is C19H21N3O6. The van der Waals surface area contributed by atoms with Gasteiger partial charge in [0.25, 0.3) is 17.7 Å². The first-order valence-corrected chi connectivity index (χ1v) is 9.13. The van der Waals surface area contributed by atoms with Gasteiger partial charge in [0.2, 0.25) is 0 Å². The SMILES string of the molecule is C[C@@H](OC(=O)c1ccc2c(c1)C(=O)N(C1CCCCC1)C2=O)C(=O)NC(N)=O. The standard InChI is InChI=1S/C19H21N3O6/c1-10(15(23)21-19(20)27)28-18(26)11-7-8-13-14(9-11)17(25)22(16(13)24)12-5-3-2-4-6-12/h7-10,12H,2-6H2,1H3,(H3,20,21,23,27)/t10-/m1/s1. The first-order chi connectivity index (χ1) is 13.3. The van der Waals surface area contributed by atoms with Crippen molar-refractivity contribution < 1.29 is 28.7 Å². The van der Waals surface area contributed by atoms with Gasteiger partial charge in [-0.2, -0.15) is 0 Å². The number of hydrogen-bond donors (Lipinski definition) is 2. The number of imide groups is 2. The van der Waals surface area contributed by atoms with Gasteiger partial charge in [0.15, 0.2) is 6.10 Å². The number of benzene rings is 1. The highest BCUT2D eigenvalue weighted by molar-refractivity contribution is 6.22. The number of urea groups is 1. The van der Waals surface area contributed by atoms with Crippen LogP contribution in [0, 0.1) is 0 Å². The largest absolute Gasteiger partial charge is 0.449 e. The lowest BCUT2D eigenvalue weighted by Gasteiger charge is -2.29. The number of hydrogen-bond acceptors (Lipinski definition) is 6. The molecule has 1 saturated carbocycles. The Kier molecular flexibility index (Phi) is 5.43. The lowest BCUT2D eigenvalue weighted by Crippen LogP contribution is -2.42. The summed E-state index contributed by atoms with van der Waals surface area (Å²) in [7, 11) is 0. The normalized spacial score (nSPS) is 17.8. The number of nitrogens with two attached hydrogens (primary N) is 1. The molecule has 2 aliphatic rings. The summed E-state index contributed by atoms with van der Waals surface area (Å²) in [5.41, 5.74) is 5.29. The molecule has 0 saturated heterocycles. The van der Waals surface area contributed by atoms with Gasteiger partial charge in [0.1, 0.15) is 0 Å². The van der Waals surface area contributed by atoms with Gasteiger partial charge >= 0.3 is 12.0 Å². The molecule has 0 aromatic heterocycles. The van der Waals surface area contributed by atoms with Crippen molar-refractivity contribution in [2.24, 2.45) is 5.73 Å². The van der Waals surface area contributed by atoms with Crippen molar-refractivity contribution in [2.75, 3.05) is 0 Å². The molecule has 1 aromatic carbocycles. The molecule has 1 aromatic rings. The quantitative estimate of drug-likeness (QED) is 0.591. The number of rotatable bonds is 4. The van der Waals surface area contributed by atoms with E-state index in [4.69, 9.17) is 10.5 Å². The van der Waals surface area contributed by atoms with Crippen LogP contribution in [0.15, 0.2) is 18.2 Å². The minimum atomic E-state index is -1.26. The Morgan fingerprint density at radius 1 is 1.11 bits per heavy atom. The fraction of sp³-hybridized carbons (Fsp3) is 0.421. The van der Waals surface area contributed by atoms with E-state index in [-0.39, 0.29) is 28.6 Å². The van der Waals surface area contributed by atoms with Gasteiger partial charge in [-0.3, -0.25) is 24.6 Å². The smallest absolute Gasteiger partial charge is 0.338 e. The Morgan fingerprint density at radius 2 is 1.75 bits per heavy atom. The van der Waals surface area contributed by atoms with Gasteiger partial charge in [-0.15, -0.1) is 0 Å². The predicted molar refractivity (Wildman–Crippen MR) is 96.4 cm³/mol. The van der Waals surface area contributed by atoms with E-state index in [2.05, 4.69) is 0 Å². The van der Waals surface area contributed by atoms with Gasteiger partial charge < -0.3 is 10.5 Å². The Hall–Kier alpha value is -3.23. The fourth-order valence-electron chi connectivity index (χ4n) is 3.56. The Labute approximate surface area is 161 Å². The van der Waals surface area contributed by atoms with Crippen LogP contribution in [0.3, 0.4) is 0 Å². The van der Waals surface area contributed by atoms with Gasteiger partial charge in [-0.25, -0.2) is 9.59 Å². The molecule has 0 unspecified atom stereocenters. The molecule has 1 heterocycles. The van der Waals surface area contributed by atoms with E-state index >= 15 is 0 Å². The van der Waals surface area contributed by atoms with Crippen LogP contribution in [0.2, 0.25) is 0 Å². The van der Waals surface area contributed by atoms with Crippen LogP contribution in [0.4, 0.5) is 4.79 Å². The summed E-state index contributed by atoms with van der Waals surface area (Å²) in [5, 5.41) is 1.81. The highest BCUT2D eigenvalue weighted by atomic mass is 16.5. The molecular weight excluding hydrogens is 366 g/mol. The third-order valence-corrected chi connectivity index (χ3v) is 4.99. The monoisotopic (exact) mass is 387 g/mol. The van der Waals surface area contributed by atoms with Crippen molar-refractivity contribution in [3.8, 4) is 0 Å².